The lowest BCUT2D eigenvalue weighted by molar-refractivity contribution is 0.0931. The fraction of sp³-hybridized carbons (Fsp3) is 0.467. The second-order valence-electron chi connectivity index (χ2n) is 4.51. The summed E-state index contributed by atoms with van der Waals surface area (Å²) >= 11 is 0. The highest BCUT2D eigenvalue weighted by atomic mass is 16.3. The number of hydrogen-bond acceptors (Lipinski definition) is 2. The summed E-state index contributed by atoms with van der Waals surface area (Å²) in [5.74, 6) is 6.20. The molecule has 1 aromatic rings. The van der Waals surface area contributed by atoms with E-state index in [-0.39, 0.29) is 12.1 Å². The van der Waals surface area contributed by atoms with Crippen LogP contribution >= 0.6 is 0 Å². The molecule has 0 aliphatic heterocycles. The Balaban J connectivity index is 1.77. The number of nitrogens with one attached hydrogen (secondary N) is 1. The summed E-state index contributed by atoms with van der Waals surface area (Å²) in [6, 6.07) is 10.2. The molecule has 2 heteroatoms. The molecule has 0 saturated heterocycles. The molecule has 1 aliphatic rings. The van der Waals surface area contributed by atoms with Crippen molar-refractivity contribution in [3.63, 3.8) is 0 Å². The lowest BCUT2D eigenvalue weighted by atomic mass is 9.93. The van der Waals surface area contributed by atoms with Crippen LogP contribution < -0.4 is 5.32 Å². The van der Waals surface area contributed by atoms with Crippen LogP contribution in [-0.4, -0.2) is 23.8 Å². The Kier molecular flexibility index (Phi) is 4.61. The van der Waals surface area contributed by atoms with Crippen molar-refractivity contribution < 1.29 is 5.11 Å². The van der Waals surface area contributed by atoms with Gasteiger partial charge in [-0.25, -0.2) is 0 Å². The van der Waals surface area contributed by atoms with Crippen molar-refractivity contribution in [1.82, 2.24) is 5.32 Å². The first-order chi connectivity index (χ1) is 8.36. The molecule has 0 heterocycles. The van der Waals surface area contributed by atoms with E-state index in [0.717, 1.165) is 24.8 Å². The van der Waals surface area contributed by atoms with Crippen LogP contribution in [0.4, 0.5) is 0 Å². The van der Waals surface area contributed by atoms with Crippen molar-refractivity contribution in [3.8, 4) is 11.8 Å². The summed E-state index contributed by atoms with van der Waals surface area (Å²) in [6.45, 7) is 0.649. The van der Waals surface area contributed by atoms with Gasteiger partial charge >= 0.3 is 0 Å². The summed E-state index contributed by atoms with van der Waals surface area (Å²) in [6.07, 6.45) is 4.15. The van der Waals surface area contributed by atoms with Crippen LogP contribution in [0.1, 0.15) is 31.2 Å². The van der Waals surface area contributed by atoms with Gasteiger partial charge < -0.3 is 10.4 Å². The van der Waals surface area contributed by atoms with Gasteiger partial charge in [-0.05, 0) is 25.0 Å². The van der Waals surface area contributed by atoms with E-state index >= 15 is 0 Å². The molecule has 0 amide bonds. The third-order valence-electron chi connectivity index (χ3n) is 3.19. The highest BCUT2D eigenvalue weighted by molar-refractivity contribution is 5.33. The highest BCUT2D eigenvalue weighted by Gasteiger charge is 2.21. The second-order valence-corrected chi connectivity index (χ2v) is 4.51. The van der Waals surface area contributed by atoms with E-state index in [2.05, 4.69) is 17.2 Å². The van der Waals surface area contributed by atoms with E-state index in [4.69, 9.17) is 0 Å². The molecule has 0 bridgehead atoms. The van der Waals surface area contributed by atoms with E-state index in [1.165, 1.54) is 6.42 Å². The average molecular weight is 229 g/mol. The Labute approximate surface area is 103 Å². The van der Waals surface area contributed by atoms with Gasteiger partial charge in [-0.3, -0.25) is 0 Å². The zero-order valence-corrected chi connectivity index (χ0v) is 10.0. The third-order valence-corrected chi connectivity index (χ3v) is 3.19. The fourth-order valence-electron chi connectivity index (χ4n) is 2.20. The van der Waals surface area contributed by atoms with Gasteiger partial charge in [0.15, 0.2) is 0 Å². The van der Waals surface area contributed by atoms with Crippen LogP contribution in [0.15, 0.2) is 30.3 Å². The SMILES string of the molecule is OC1CCCCC1NCC#Cc1ccccc1. The maximum atomic E-state index is 9.77. The first kappa shape index (κ1) is 12.2. The van der Waals surface area contributed by atoms with Crippen molar-refractivity contribution in [1.29, 1.82) is 0 Å². The van der Waals surface area contributed by atoms with Crippen LogP contribution in [-0.2, 0) is 0 Å². The molecule has 1 aromatic carbocycles. The van der Waals surface area contributed by atoms with Crippen molar-refractivity contribution in [2.24, 2.45) is 0 Å². The van der Waals surface area contributed by atoms with Crippen LogP contribution in [0.25, 0.3) is 0 Å². The minimum absolute atomic E-state index is 0.192. The summed E-state index contributed by atoms with van der Waals surface area (Å²) in [4.78, 5) is 0. The minimum Gasteiger partial charge on any atom is -0.392 e. The van der Waals surface area contributed by atoms with Gasteiger partial charge in [-0.15, -0.1) is 0 Å². The molecule has 0 spiro atoms. The summed E-state index contributed by atoms with van der Waals surface area (Å²) in [5.41, 5.74) is 1.04. The number of aliphatic hydroxyl groups excluding tert-OH is 1. The summed E-state index contributed by atoms with van der Waals surface area (Å²) in [7, 11) is 0. The quantitative estimate of drug-likeness (QED) is 0.760. The van der Waals surface area contributed by atoms with Gasteiger partial charge in [0.2, 0.25) is 0 Å². The Morgan fingerprint density at radius 3 is 2.71 bits per heavy atom. The molecule has 2 nitrogen and oxygen atoms in total. The number of rotatable bonds is 2. The van der Waals surface area contributed by atoms with Gasteiger partial charge in [-0.1, -0.05) is 42.9 Å². The van der Waals surface area contributed by atoms with Gasteiger partial charge in [0.05, 0.1) is 12.6 Å². The van der Waals surface area contributed by atoms with Gasteiger partial charge in [-0.2, -0.15) is 0 Å². The normalized spacial score (nSPS) is 23.8. The number of aliphatic hydroxyl groups is 1. The average Bonchev–Trinajstić information content (AvgIpc) is 2.38. The maximum Gasteiger partial charge on any atom is 0.0693 e. The Morgan fingerprint density at radius 2 is 1.94 bits per heavy atom. The van der Waals surface area contributed by atoms with Crippen molar-refractivity contribution in [2.75, 3.05) is 6.54 Å². The zero-order chi connectivity index (χ0) is 11.9. The molecule has 0 aromatic heterocycles. The molecule has 2 rings (SSSR count). The zero-order valence-electron chi connectivity index (χ0n) is 10.0. The standard InChI is InChI=1S/C15H19NO/c17-15-11-5-4-10-14(15)16-12-6-9-13-7-2-1-3-8-13/h1-3,7-8,14-17H,4-5,10-12H2. The molecule has 2 unspecified atom stereocenters. The molecule has 2 N–H and O–H groups in total. The second kappa shape index (κ2) is 6.44. The monoisotopic (exact) mass is 229 g/mol. The maximum absolute atomic E-state index is 9.77. The van der Waals surface area contributed by atoms with Crippen LogP contribution in [0.3, 0.4) is 0 Å². The lowest BCUT2D eigenvalue weighted by Gasteiger charge is -2.27. The Morgan fingerprint density at radius 1 is 1.18 bits per heavy atom. The highest BCUT2D eigenvalue weighted by Crippen LogP contribution is 2.17. The van der Waals surface area contributed by atoms with Crippen LogP contribution in [0.2, 0.25) is 0 Å². The van der Waals surface area contributed by atoms with Crippen molar-refractivity contribution in [2.45, 2.75) is 37.8 Å². The molecule has 1 aliphatic carbocycles. The van der Waals surface area contributed by atoms with Gasteiger partial charge in [0.25, 0.3) is 0 Å². The summed E-state index contributed by atoms with van der Waals surface area (Å²) < 4.78 is 0. The van der Waals surface area contributed by atoms with E-state index in [1.807, 2.05) is 30.3 Å². The topological polar surface area (TPSA) is 32.3 Å². The largest absolute Gasteiger partial charge is 0.392 e. The van der Waals surface area contributed by atoms with E-state index < -0.39 is 0 Å². The Bertz CT molecular complexity index is 390. The van der Waals surface area contributed by atoms with Gasteiger partial charge in [0, 0.05) is 11.6 Å². The molecular formula is C15H19NO. The van der Waals surface area contributed by atoms with E-state index in [9.17, 15) is 5.11 Å². The Hall–Kier alpha value is -1.30. The fourth-order valence-corrected chi connectivity index (χ4v) is 2.20. The third kappa shape index (κ3) is 3.89. The predicted octanol–water partition coefficient (Wildman–Crippen LogP) is 1.93. The van der Waals surface area contributed by atoms with Gasteiger partial charge in [0.1, 0.15) is 0 Å². The van der Waals surface area contributed by atoms with Crippen molar-refractivity contribution >= 4 is 0 Å². The van der Waals surface area contributed by atoms with E-state index in [1.54, 1.807) is 0 Å². The lowest BCUT2D eigenvalue weighted by Crippen LogP contribution is -2.42. The molecule has 17 heavy (non-hydrogen) atoms. The van der Waals surface area contributed by atoms with E-state index in [0.29, 0.717) is 6.54 Å². The van der Waals surface area contributed by atoms with Crippen LogP contribution in [0.5, 0.6) is 0 Å². The first-order valence-corrected chi connectivity index (χ1v) is 6.31. The first-order valence-electron chi connectivity index (χ1n) is 6.31. The molecule has 1 saturated carbocycles. The minimum atomic E-state index is -0.192. The molecule has 2 atom stereocenters. The number of hydrogen-bond donors (Lipinski definition) is 2. The van der Waals surface area contributed by atoms with Crippen molar-refractivity contribution in [3.05, 3.63) is 35.9 Å². The smallest absolute Gasteiger partial charge is 0.0693 e. The van der Waals surface area contributed by atoms with Crippen LogP contribution in [0, 0.1) is 11.8 Å². The molecular weight excluding hydrogens is 210 g/mol. The summed E-state index contributed by atoms with van der Waals surface area (Å²) in [5, 5.41) is 13.1. The molecule has 0 radical (unpaired) electrons. The number of benzene rings is 1. The predicted molar refractivity (Wildman–Crippen MR) is 69.6 cm³/mol. The molecule has 90 valence electrons. The molecule has 1 fully saturated rings.